The number of ether oxygens (including phenoxy) is 3. The van der Waals surface area contributed by atoms with Gasteiger partial charge in [-0.3, -0.25) is 0 Å². The highest BCUT2D eigenvalue weighted by molar-refractivity contribution is 5.17. The second kappa shape index (κ2) is 18.1. The Labute approximate surface area is 255 Å². The molecule has 4 aromatic carbocycles. The zero-order valence-electron chi connectivity index (χ0n) is 24.6. The molecule has 0 spiro atoms. The second-order valence-corrected chi connectivity index (χ2v) is 10.5. The number of hydrogen-bond acceptors (Lipinski definition) is 6. The van der Waals surface area contributed by atoms with E-state index in [9.17, 15) is 10.2 Å². The molecule has 0 saturated carbocycles. The van der Waals surface area contributed by atoms with Crippen LogP contribution in [0.25, 0.3) is 0 Å². The monoisotopic (exact) mass is 581 g/mol. The normalized spacial score (nSPS) is 14.8. The molecule has 3 N–H and O–H groups in total. The first-order valence-electron chi connectivity index (χ1n) is 14.8. The van der Waals surface area contributed by atoms with E-state index in [2.05, 4.69) is 24.0 Å². The molecule has 43 heavy (non-hydrogen) atoms. The average molecular weight is 582 g/mol. The van der Waals surface area contributed by atoms with Crippen molar-refractivity contribution in [1.82, 2.24) is 5.32 Å². The fourth-order valence-electron chi connectivity index (χ4n) is 5.00. The lowest BCUT2D eigenvalue weighted by molar-refractivity contribution is -0.190. The van der Waals surface area contributed by atoms with Gasteiger partial charge in [-0.25, -0.2) is 0 Å². The molecule has 0 saturated heterocycles. The molecule has 4 rings (SSSR count). The molecule has 0 fully saturated rings. The van der Waals surface area contributed by atoms with E-state index in [0.717, 1.165) is 22.3 Å². The molecule has 0 heterocycles. The third-order valence-electron chi connectivity index (χ3n) is 7.30. The SMILES string of the molecule is C=CC[C@@H](NCc1ccccc1)[C@H](OCc1ccccc1)[C@@H](OCc1ccccc1)[C@H](OCc1ccccc1)[C@H](O)CO. The molecule has 5 atom stereocenters. The Balaban J connectivity index is 1.68. The summed E-state index contributed by atoms with van der Waals surface area (Å²) in [5, 5.41) is 25.0. The van der Waals surface area contributed by atoms with Crippen molar-refractivity contribution in [3.05, 3.63) is 156 Å². The van der Waals surface area contributed by atoms with E-state index >= 15 is 0 Å². The maximum absolute atomic E-state index is 11.2. The highest BCUT2D eigenvalue weighted by Crippen LogP contribution is 2.24. The number of nitrogens with one attached hydrogen (secondary N) is 1. The molecular weight excluding hydrogens is 538 g/mol. The van der Waals surface area contributed by atoms with E-state index in [1.165, 1.54) is 0 Å². The van der Waals surface area contributed by atoms with Gasteiger partial charge in [-0.1, -0.05) is 127 Å². The van der Waals surface area contributed by atoms with Crippen LogP contribution in [0.3, 0.4) is 0 Å². The lowest BCUT2D eigenvalue weighted by Crippen LogP contribution is -2.56. The van der Waals surface area contributed by atoms with Gasteiger partial charge in [0, 0.05) is 12.6 Å². The van der Waals surface area contributed by atoms with Crippen molar-refractivity contribution < 1.29 is 24.4 Å². The van der Waals surface area contributed by atoms with Crippen LogP contribution in [0.15, 0.2) is 134 Å². The van der Waals surface area contributed by atoms with Gasteiger partial charge < -0.3 is 29.7 Å². The lowest BCUT2D eigenvalue weighted by Gasteiger charge is -2.39. The molecule has 6 heteroatoms. The number of aliphatic hydroxyl groups excluding tert-OH is 2. The van der Waals surface area contributed by atoms with E-state index in [-0.39, 0.29) is 19.3 Å². The molecule has 4 aromatic rings. The lowest BCUT2D eigenvalue weighted by atomic mass is 9.94. The minimum absolute atomic E-state index is 0.239. The van der Waals surface area contributed by atoms with E-state index in [1.807, 2.05) is 115 Å². The van der Waals surface area contributed by atoms with Crippen molar-refractivity contribution in [2.75, 3.05) is 6.61 Å². The van der Waals surface area contributed by atoms with E-state index in [0.29, 0.717) is 19.6 Å². The smallest absolute Gasteiger partial charge is 0.115 e. The quantitative estimate of drug-likeness (QED) is 0.121. The maximum atomic E-state index is 11.2. The molecule has 0 bridgehead atoms. The zero-order chi connectivity index (χ0) is 30.1. The molecular formula is C37H43NO5. The van der Waals surface area contributed by atoms with Crippen LogP contribution in [0.4, 0.5) is 0 Å². The predicted octanol–water partition coefficient (Wildman–Crippen LogP) is 5.83. The van der Waals surface area contributed by atoms with Crippen LogP contribution in [0.2, 0.25) is 0 Å². The Hall–Kier alpha value is -3.62. The first-order chi connectivity index (χ1) is 21.2. The van der Waals surface area contributed by atoms with Crippen molar-refractivity contribution >= 4 is 0 Å². The highest BCUT2D eigenvalue weighted by Gasteiger charge is 2.40. The third kappa shape index (κ3) is 10.6. The number of aliphatic hydroxyl groups is 2. The summed E-state index contributed by atoms with van der Waals surface area (Å²) >= 11 is 0. The summed E-state index contributed by atoms with van der Waals surface area (Å²) in [4.78, 5) is 0. The molecule has 226 valence electrons. The number of benzene rings is 4. The number of hydrogen-bond donors (Lipinski definition) is 3. The first kappa shape index (κ1) is 32.3. The Morgan fingerprint density at radius 3 is 1.40 bits per heavy atom. The summed E-state index contributed by atoms with van der Waals surface area (Å²) in [5.41, 5.74) is 4.07. The molecule has 0 radical (unpaired) electrons. The van der Waals surface area contributed by atoms with E-state index in [1.54, 1.807) is 0 Å². The van der Waals surface area contributed by atoms with Gasteiger partial charge in [0.05, 0.1) is 26.4 Å². The van der Waals surface area contributed by atoms with Gasteiger partial charge in [0.2, 0.25) is 0 Å². The minimum atomic E-state index is -1.20. The van der Waals surface area contributed by atoms with Crippen molar-refractivity contribution in [2.24, 2.45) is 0 Å². The highest BCUT2D eigenvalue weighted by atomic mass is 16.6. The average Bonchev–Trinajstić information content (AvgIpc) is 3.07. The first-order valence-corrected chi connectivity index (χ1v) is 14.8. The predicted molar refractivity (Wildman–Crippen MR) is 170 cm³/mol. The van der Waals surface area contributed by atoms with Crippen LogP contribution in [0, 0.1) is 0 Å². The molecule has 0 aliphatic carbocycles. The minimum Gasteiger partial charge on any atom is -0.394 e. The summed E-state index contributed by atoms with van der Waals surface area (Å²) in [7, 11) is 0. The fraction of sp³-hybridized carbons (Fsp3) is 0.297. The Morgan fingerprint density at radius 2 is 0.977 bits per heavy atom. The van der Waals surface area contributed by atoms with Crippen LogP contribution in [0.5, 0.6) is 0 Å². The standard InChI is InChI=1S/C37H43NO5/c1-2-15-33(38-24-29-16-7-3-8-17-29)35(41-26-30-18-9-4-10-19-30)37(43-28-32-22-13-6-14-23-32)36(34(40)25-39)42-27-31-20-11-5-12-21-31/h2-14,16-23,33-40H,1,15,24-28H2/t33-,34-,35+,36-,37-/m1/s1. The molecule has 0 aromatic heterocycles. The van der Waals surface area contributed by atoms with Crippen LogP contribution in [0.1, 0.15) is 28.7 Å². The Kier molecular flexibility index (Phi) is 13.6. The zero-order valence-corrected chi connectivity index (χ0v) is 24.6. The van der Waals surface area contributed by atoms with Gasteiger partial charge in [-0.05, 0) is 28.7 Å². The van der Waals surface area contributed by atoms with Crippen LogP contribution < -0.4 is 5.32 Å². The fourth-order valence-corrected chi connectivity index (χ4v) is 5.00. The molecule has 0 aliphatic rings. The third-order valence-corrected chi connectivity index (χ3v) is 7.30. The van der Waals surface area contributed by atoms with Crippen molar-refractivity contribution in [2.45, 2.75) is 63.2 Å². The molecule has 0 amide bonds. The molecule has 0 unspecified atom stereocenters. The number of rotatable bonds is 19. The van der Waals surface area contributed by atoms with Gasteiger partial charge in [0.1, 0.15) is 24.4 Å². The molecule has 0 aliphatic heterocycles. The summed E-state index contributed by atoms with van der Waals surface area (Å²) in [6.07, 6.45) is -0.974. The van der Waals surface area contributed by atoms with Gasteiger partial charge in [0.25, 0.3) is 0 Å². The van der Waals surface area contributed by atoms with Crippen molar-refractivity contribution in [3.63, 3.8) is 0 Å². The van der Waals surface area contributed by atoms with Crippen LogP contribution in [-0.2, 0) is 40.6 Å². The van der Waals surface area contributed by atoms with Crippen LogP contribution >= 0.6 is 0 Å². The van der Waals surface area contributed by atoms with Gasteiger partial charge in [0.15, 0.2) is 0 Å². The summed E-state index contributed by atoms with van der Waals surface area (Å²) in [5.74, 6) is 0. The van der Waals surface area contributed by atoms with E-state index < -0.39 is 31.0 Å². The van der Waals surface area contributed by atoms with Crippen LogP contribution in [-0.4, -0.2) is 47.3 Å². The maximum Gasteiger partial charge on any atom is 0.115 e. The van der Waals surface area contributed by atoms with Crippen molar-refractivity contribution in [3.8, 4) is 0 Å². The van der Waals surface area contributed by atoms with Crippen molar-refractivity contribution in [1.29, 1.82) is 0 Å². The molecule has 6 nitrogen and oxygen atoms in total. The van der Waals surface area contributed by atoms with Gasteiger partial charge in [-0.15, -0.1) is 6.58 Å². The largest absolute Gasteiger partial charge is 0.394 e. The summed E-state index contributed by atoms with van der Waals surface area (Å²) in [6, 6.07) is 39.5. The summed E-state index contributed by atoms with van der Waals surface area (Å²) in [6.45, 7) is 4.99. The Morgan fingerprint density at radius 1 is 0.581 bits per heavy atom. The summed E-state index contributed by atoms with van der Waals surface area (Å²) < 4.78 is 19.7. The van der Waals surface area contributed by atoms with Gasteiger partial charge in [-0.2, -0.15) is 0 Å². The Bertz CT molecular complexity index is 1290. The van der Waals surface area contributed by atoms with Gasteiger partial charge >= 0.3 is 0 Å². The van der Waals surface area contributed by atoms with E-state index in [4.69, 9.17) is 14.2 Å². The topological polar surface area (TPSA) is 80.2 Å². The second-order valence-electron chi connectivity index (χ2n) is 10.5.